The summed E-state index contributed by atoms with van der Waals surface area (Å²) in [5, 5.41) is 16.6. The highest BCUT2D eigenvalue weighted by molar-refractivity contribution is 7.98. The summed E-state index contributed by atoms with van der Waals surface area (Å²) in [4.78, 5) is 28.4. The molecule has 0 atom stereocenters. The quantitative estimate of drug-likeness (QED) is 0.409. The van der Waals surface area contributed by atoms with E-state index in [0.29, 0.717) is 21.9 Å². The Morgan fingerprint density at radius 2 is 1.85 bits per heavy atom. The summed E-state index contributed by atoms with van der Waals surface area (Å²) in [6.07, 6.45) is 1.48. The van der Waals surface area contributed by atoms with Gasteiger partial charge in [0.05, 0.1) is 17.4 Å². The molecule has 4 rings (SSSR count). The number of para-hydroxylation sites is 1. The van der Waals surface area contributed by atoms with Crippen LogP contribution in [0.4, 0.5) is 0 Å². The van der Waals surface area contributed by atoms with Gasteiger partial charge < -0.3 is 5.11 Å². The molecule has 0 aliphatic carbocycles. The number of aromatic nitrogens is 4. The minimum Gasteiger partial charge on any atom is -0.478 e. The van der Waals surface area contributed by atoms with Crippen molar-refractivity contribution in [2.45, 2.75) is 10.9 Å². The number of carbonyl (C=O) groups is 1. The molecule has 2 aromatic heterocycles. The number of benzene rings is 2. The van der Waals surface area contributed by atoms with Crippen molar-refractivity contribution in [2.24, 2.45) is 0 Å². The third-order valence-corrected chi connectivity index (χ3v) is 5.04. The zero-order chi connectivity index (χ0) is 18.8. The lowest BCUT2D eigenvalue weighted by molar-refractivity contribution is 0.0697. The Balaban J connectivity index is 1.72. The molecule has 0 unspecified atom stereocenters. The second-order valence-electron chi connectivity index (χ2n) is 5.79. The molecule has 2 N–H and O–H groups in total. The van der Waals surface area contributed by atoms with Crippen LogP contribution in [0.2, 0.25) is 0 Å². The number of carboxylic acid groups (broad SMARTS) is 1. The first-order valence-corrected chi connectivity index (χ1v) is 9.08. The van der Waals surface area contributed by atoms with Crippen molar-refractivity contribution in [1.29, 1.82) is 0 Å². The summed E-state index contributed by atoms with van der Waals surface area (Å²) in [5.74, 6) is -0.419. The fraction of sp³-hybridized carbons (Fsp3) is 0.0526. The molecule has 8 heteroatoms. The van der Waals surface area contributed by atoms with Crippen molar-refractivity contribution >= 4 is 28.8 Å². The number of fused-ring (bicyclic) bond motifs is 1. The topological polar surface area (TPSA) is 101 Å². The smallest absolute Gasteiger partial charge is 0.335 e. The fourth-order valence-electron chi connectivity index (χ4n) is 2.67. The molecule has 0 amide bonds. The van der Waals surface area contributed by atoms with Gasteiger partial charge in [-0.3, -0.25) is 14.5 Å². The van der Waals surface area contributed by atoms with Crippen LogP contribution in [0.5, 0.6) is 0 Å². The van der Waals surface area contributed by atoms with E-state index < -0.39 is 5.97 Å². The third kappa shape index (κ3) is 3.34. The largest absolute Gasteiger partial charge is 0.478 e. The first kappa shape index (κ1) is 17.0. The lowest BCUT2D eigenvalue weighted by atomic mass is 10.1. The minimum absolute atomic E-state index is 0.191. The molecule has 134 valence electrons. The first-order valence-electron chi connectivity index (χ1n) is 8.10. The normalized spacial score (nSPS) is 11.0. The molecule has 0 fully saturated rings. The van der Waals surface area contributed by atoms with Gasteiger partial charge in [-0.1, -0.05) is 42.1 Å². The molecule has 27 heavy (non-hydrogen) atoms. The van der Waals surface area contributed by atoms with Gasteiger partial charge in [-0.25, -0.2) is 9.78 Å². The molecule has 0 aliphatic rings. The summed E-state index contributed by atoms with van der Waals surface area (Å²) >= 11 is 1.40. The number of hydrogen-bond donors (Lipinski definition) is 2. The molecule has 4 aromatic rings. The van der Waals surface area contributed by atoms with Gasteiger partial charge in [0, 0.05) is 5.75 Å². The molecule has 0 aliphatic heterocycles. The van der Waals surface area contributed by atoms with E-state index in [4.69, 9.17) is 5.11 Å². The number of nitrogens with zero attached hydrogens (tertiary/aromatic N) is 3. The van der Waals surface area contributed by atoms with E-state index >= 15 is 0 Å². The number of nitrogens with one attached hydrogen (secondary N) is 1. The molecule has 2 heterocycles. The number of aromatic amines is 1. The van der Waals surface area contributed by atoms with E-state index in [9.17, 15) is 9.59 Å². The van der Waals surface area contributed by atoms with Crippen molar-refractivity contribution in [2.75, 3.05) is 0 Å². The SMILES string of the molecule is O=C(O)c1ccc(CSc2nc3[nH]ncc3c(=O)n2-c2ccccc2)cc1. The molecule has 0 saturated heterocycles. The number of carboxylic acids is 1. The Labute approximate surface area is 157 Å². The third-order valence-electron chi connectivity index (χ3n) is 4.03. The monoisotopic (exact) mass is 378 g/mol. The van der Waals surface area contributed by atoms with Gasteiger partial charge in [-0.05, 0) is 29.8 Å². The summed E-state index contributed by atoms with van der Waals surface area (Å²) in [6, 6.07) is 16.0. The zero-order valence-corrected chi connectivity index (χ0v) is 14.8. The van der Waals surface area contributed by atoms with Crippen LogP contribution in [0.25, 0.3) is 16.7 Å². The predicted molar refractivity (Wildman–Crippen MR) is 102 cm³/mol. The van der Waals surface area contributed by atoms with E-state index in [0.717, 1.165) is 11.3 Å². The molecular formula is C19H14N4O3S. The lowest BCUT2D eigenvalue weighted by Crippen LogP contribution is -2.21. The van der Waals surface area contributed by atoms with Crippen LogP contribution in [0, 0.1) is 0 Å². The van der Waals surface area contributed by atoms with Gasteiger partial charge in [0.25, 0.3) is 5.56 Å². The Hall–Kier alpha value is -3.39. The second-order valence-corrected chi connectivity index (χ2v) is 6.74. The van der Waals surface area contributed by atoms with Crippen LogP contribution >= 0.6 is 11.8 Å². The van der Waals surface area contributed by atoms with Gasteiger partial charge >= 0.3 is 5.97 Å². The maximum absolute atomic E-state index is 12.9. The number of rotatable bonds is 5. The minimum atomic E-state index is -0.960. The highest BCUT2D eigenvalue weighted by atomic mass is 32.2. The van der Waals surface area contributed by atoms with Gasteiger partial charge in [-0.2, -0.15) is 5.10 Å². The van der Waals surface area contributed by atoms with E-state index in [2.05, 4.69) is 15.2 Å². The summed E-state index contributed by atoms with van der Waals surface area (Å²) in [5.41, 5.74) is 2.15. The molecular weight excluding hydrogens is 364 g/mol. The van der Waals surface area contributed by atoms with E-state index in [1.54, 1.807) is 28.8 Å². The molecule has 0 radical (unpaired) electrons. The van der Waals surface area contributed by atoms with Crippen LogP contribution in [0.15, 0.2) is 70.7 Å². The van der Waals surface area contributed by atoms with Crippen LogP contribution in [0.1, 0.15) is 15.9 Å². The second kappa shape index (κ2) is 7.08. The van der Waals surface area contributed by atoms with E-state index in [-0.39, 0.29) is 11.1 Å². The maximum atomic E-state index is 12.9. The van der Waals surface area contributed by atoms with Crippen LogP contribution < -0.4 is 5.56 Å². The number of thioether (sulfide) groups is 1. The maximum Gasteiger partial charge on any atom is 0.335 e. The summed E-state index contributed by atoms with van der Waals surface area (Å²) in [6.45, 7) is 0. The van der Waals surface area contributed by atoms with E-state index in [1.807, 2.05) is 30.3 Å². The van der Waals surface area contributed by atoms with Gasteiger partial charge in [-0.15, -0.1) is 0 Å². The van der Waals surface area contributed by atoms with Crippen LogP contribution in [-0.2, 0) is 5.75 Å². The van der Waals surface area contributed by atoms with E-state index in [1.165, 1.54) is 18.0 Å². The Morgan fingerprint density at radius 3 is 2.56 bits per heavy atom. The van der Waals surface area contributed by atoms with Crippen LogP contribution in [-0.4, -0.2) is 30.8 Å². The van der Waals surface area contributed by atoms with Gasteiger partial charge in [0.1, 0.15) is 5.39 Å². The van der Waals surface area contributed by atoms with Crippen LogP contribution in [0.3, 0.4) is 0 Å². The zero-order valence-electron chi connectivity index (χ0n) is 14.0. The average molecular weight is 378 g/mol. The van der Waals surface area contributed by atoms with Crippen molar-refractivity contribution in [3.8, 4) is 5.69 Å². The standard InChI is InChI=1S/C19H14N4O3S/c24-17-15-10-20-22-16(15)21-19(23(17)14-4-2-1-3-5-14)27-11-12-6-8-13(9-7-12)18(25)26/h1-10H,11H2,(H,20,22)(H,25,26). The molecule has 2 aromatic carbocycles. The molecule has 0 bridgehead atoms. The van der Waals surface area contributed by atoms with Crippen molar-refractivity contribution < 1.29 is 9.90 Å². The number of aromatic carboxylic acids is 1. The molecule has 0 saturated carbocycles. The highest BCUT2D eigenvalue weighted by Gasteiger charge is 2.14. The Kier molecular flexibility index (Phi) is 4.47. The summed E-state index contributed by atoms with van der Waals surface area (Å²) < 4.78 is 1.56. The Bertz CT molecular complexity index is 1170. The number of H-pyrrole nitrogens is 1. The first-order chi connectivity index (χ1) is 13.1. The average Bonchev–Trinajstić information content (AvgIpc) is 3.16. The Morgan fingerprint density at radius 1 is 1.11 bits per heavy atom. The van der Waals surface area contributed by atoms with Crippen molar-refractivity contribution in [3.63, 3.8) is 0 Å². The van der Waals surface area contributed by atoms with Gasteiger partial charge in [0.2, 0.25) is 0 Å². The molecule has 7 nitrogen and oxygen atoms in total. The highest BCUT2D eigenvalue weighted by Crippen LogP contribution is 2.24. The predicted octanol–water partition coefficient (Wildman–Crippen LogP) is 3.10. The fourth-order valence-corrected chi connectivity index (χ4v) is 3.63. The summed E-state index contributed by atoms with van der Waals surface area (Å²) in [7, 11) is 0. The molecule has 0 spiro atoms. The van der Waals surface area contributed by atoms with Gasteiger partial charge in [0.15, 0.2) is 10.8 Å². The number of hydrogen-bond acceptors (Lipinski definition) is 5. The van der Waals surface area contributed by atoms with Crippen molar-refractivity contribution in [1.82, 2.24) is 19.7 Å². The lowest BCUT2D eigenvalue weighted by Gasteiger charge is -2.11. The van der Waals surface area contributed by atoms with Crippen molar-refractivity contribution in [3.05, 3.63) is 82.3 Å².